The molecule has 0 spiro atoms. The summed E-state index contributed by atoms with van der Waals surface area (Å²) in [6.45, 7) is 3.38. The summed E-state index contributed by atoms with van der Waals surface area (Å²) in [5.74, 6) is -1.42. The lowest BCUT2D eigenvalue weighted by atomic mass is 9.99. The van der Waals surface area contributed by atoms with Crippen LogP contribution in [-0.4, -0.2) is 42.8 Å². The Bertz CT molecular complexity index is 1020. The van der Waals surface area contributed by atoms with Crippen LogP contribution in [-0.2, 0) is 14.8 Å². The summed E-state index contributed by atoms with van der Waals surface area (Å²) < 4.78 is 32.1. The van der Waals surface area contributed by atoms with Gasteiger partial charge in [-0.05, 0) is 38.8 Å². The van der Waals surface area contributed by atoms with Crippen molar-refractivity contribution in [3.05, 3.63) is 46.3 Å². The van der Waals surface area contributed by atoms with Crippen molar-refractivity contribution in [3.8, 4) is 0 Å². The number of sulfonamides is 1. The molecule has 9 nitrogen and oxygen atoms in total. The van der Waals surface area contributed by atoms with Crippen molar-refractivity contribution in [2.45, 2.75) is 31.6 Å². The molecule has 0 saturated carbocycles. The van der Waals surface area contributed by atoms with Gasteiger partial charge in [-0.25, -0.2) is 8.42 Å². The van der Waals surface area contributed by atoms with Crippen LogP contribution in [0.25, 0.3) is 0 Å². The summed E-state index contributed by atoms with van der Waals surface area (Å²) in [5.41, 5.74) is 5.18. The molecule has 1 unspecified atom stereocenters. The Morgan fingerprint density at radius 1 is 1.24 bits per heavy atom. The smallest absolute Gasteiger partial charge is 0.271 e. The minimum Gasteiger partial charge on any atom is -0.360 e. The number of benzene rings is 1. The van der Waals surface area contributed by atoms with Crippen LogP contribution in [0.15, 0.2) is 33.7 Å². The molecule has 2 aromatic rings. The largest absolute Gasteiger partial charge is 0.360 e. The lowest BCUT2D eigenvalue weighted by Crippen LogP contribution is -2.50. The van der Waals surface area contributed by atoms with E-state index in [4.69, 9.17) is 16.1 Å². The summed E-state index contributed by atoms with van der Waals surface area (Å²) in [7, 11) is -3.83. The van der Waals surface area contributed by atoms with Crippen LogP contribution in [0.1, 0.15) is 34.7 Å². The van der Waals surface area contributed by atoms with Crippen molar-refractivity contribution in [3.63, 3.8) is 0 Å². The Balaban J connectivity index is 1.65. The van der Waals surface area contributed by atoms with Gasteiger partial charge in [0.15, 0.2) is 5.76 Å². The first-order valence-corrected chi connectivity index (χ1v) is 10.8. The first kappa shape index (κ1) is 21.3. The molecule has 2 heterocycles. The molecular formula is C18H21ClN4O5S. The number of aryl methyl sites for hydroxylation is 2. The molecular weight excluding hydrogens is 420 g/mol. The maximum Gasteiger partial charge on any atom is 0.271 e. The molecule has 1 aromatic heterocycles. The Hall–Kier alpha value is -2.43. The Kier molecular flexibility index (Phi) is 6.25. The number of hydrazine groups is 1. The topological polar surface area (TPSA) is 122 Å². The molecule has 2 N–H and O–H groups in total. The number of nitrogens with zero attached hydrogens (tertiary/aromatic N) is 2. The molecule has 3 rings (SSSR count). The van der Waals surface area contributed by atoms with Gasteiger partial charge in [-0.1, -0.05) is 28.9 Å². The summed E-state index contributed by atoms with van der Waals surface area (Å²) in [4.78, 5) is 24.7. The van der Waals surface area contributed by atoms with Crippen molar-refractivity contribution in [1.82, 2.24) is 20.3 Å². The van der Waals surface area contributed by atoms with E-state index in [-0.39, 0.29) is 33.5 Å². The van der Waals surface area contributed by atoms with Gasteiger partial charge >= 0.3 is 0 Å². The molecule has 11 heteroatoms. The minimum atomic E-state index is -3.83. The van der Waals surface area contributed by atoms with Crippen LogP contribution < -0.4 is 10.9 Å². The molecule has 1 atom stereocenters. The van der Waals surface area contributed by atoms with Gasteiger partial charge in [0.25, 0.3) is 5.91 Å². The molecule has 1 aliphatic heterocycles. The van der Waals surface area contributed by atoms with E-state index < -0.39 is 27.8 Å². The molecule has 1 saturated heterocycles. The standard InChI is InChI=1S/C18H21ClN4O5S/c1-11-16(12(2)28-22-11)29(26,27)23-9-5-6-13(10-23)17(24)20-21-18(25)14-7-3-4-8-15(14)19/h3-4,7-8,13H,5-6,9-10H2,1-2H3,(H,20,24)(H,21,25). The number of piperidine rings is 1. The van der Waals surface area contributed by atoms with E-state index in [0.717, 1.165) is 0 Å². The highest BCUT2D eigenvalue weighted by atomic mass is 35.5. The predicted octanol–water partition coefficient (Wildman–Crippen LogP) is 1.81. The third-order valence-electron chi connectivity index (χ3n) is 4.74. The molecule has 1 aromatic carbocycles. The third-order valence-corrected chi connectivity index (χ3v) is 7.18. The lowest BCUT2D eigenvalue weighted by Gasteiger charge is -2.31. The van der Waals surface area contributed by atoms with Crippen LogP contribution in [0.2, 0.25) is 5.02 Å². The van der Waals surface area contributed by atoms with Gasteiger partial charge in [0.2, 0.25) is 15.9 Å². The quantitative estimate of drug-likeness (QED) is 0.699. The molecule has 1 aliphatic rings. The zero-order valence-corrected chi connectivity index (χ0v) is 17.5. The number of carbonyl (C=O) groups is 2. The summed E-state index contributed by atoms with van der Waals surface area (Å²) in [5, 5.41) is 3.96. The Labute approximate surface area is 173 Å². The monoisotopic (exact) mass is 440 g/mol. The van der Waals surface area contributed by atoms with Crippen LogP contribution in [0, 0.1) is 19.8 Å². The lowest BCUT2D eigenvalue weighted by molar-refractivity contribution is -0.126. The van der Waals surface area contributed by atoms with Crippen molar-refractivity contribution in [2.75, 3.05) is 13.1 Å². The van der Waals surface area contributed by atoms with Gasteiger partial charge in [0.05, 0.1) is 16.5 Å². The van der Waals surface area contributed by atoms with Gasteiger partial charge < -0.3 is 4.52 Å². The second-order valence-corrected chi connectivity index (χ2v) is 9.06. The number of hydrogen-bond donors (Lipinski definition) is 2. The van der Waals surface area contributed by atoms with Crippen LogP contribution in [0.4, 0.5) is 0 Å². The summed E-state index contributed by atoms with van der Waals surface area (Å²) >= 11 is 5.97. The van der Waals surface area contributed by atoms with E-state index >= 15 is 0 Å². The van der Waals surface area contributed by atoms with E-state index in [1.54, 1.807) is 25.1 Å². The molecule has 0 bridgehead atoms. The zero-order valence-electron chi connectivity index (χ0n) is 15.9. The fourth-order valence-electron chi connectivity index (χ4n) is 3.28. The second kappa shape index (κ2) is 8.52. The number of amides is 2. The van der Waals surface area contributed by atoms with Gasteiger partial charge in [0, 0.05) is 13.1 Å². The SMILES string of the molecule is Cc1noc(C)c1S(=O)(=O)N1CCCC(C(=O)NNC(=O)c2ccccc2Cl)C1. The molecule has 29 heavy (non-hydrogen) atoms. The molecule has 0 radical (unpaired) electrons. The maximum atomic E-state index is 13.0. The van der Waals surface area contributed by atoms with Crippen molar-refractivity contribution < 1.29 is 22.5 Å². The van der Waals surface area contributed by atoms with Crippen LogP contribution in [0.5, 0.6) is 0 Å². The number of halogens is 1. The summed E-state index contributed by atoms with van der Waals surface area (Å²) in [6, 6.07) is 6.44. The predicted molar refractivity (Wildman–Crippen MR) is 105 cm³/mol. The van der Waals surface area contributed by atoms with Crippen LogP contribution in [0.3, 0.4) is 0 Å². The van der Waals surface area contributed by atoms with Crippen molar-refractivity contribution in [1.29, 1.82) is 0 Å². The van der Waals surface area contributed by atoms with E-state index in [1.165, 1.54) is 17.3 Å². The average Bonchev–Trinajstić information content (AvgIpc) is 3.05. The van der Waals surface area contributed by atoms with Crippen molar-refractivity contribution >= 4 is 33.4 Å². The maximum absolute atomic E-state index is 13.0. The van der Waals surface area contributed by atoms with Gasteiger partial charge in [-0.2, -0.15) is 4.31 Å². The molecule has 1 fully saturated rings. The van der Waals surface area contributed by atoms with Gasteiger partial charge in [-0.3, -0.25) is 20.4 Å². The molecule has 156 valence electrons. The number of nitrogens with one attached hydrogen (secondary N) is 2. The number of rotatable bonds is 4. The van der Waals surface area contributed by atoms with E-state index in [9.17, 15) is 18.0 Å². The van der Waals surface area contributed by atoms with E-state index in [0.29, 0.717) is 19.4 Å². The normalized spacial score (nSPS) is 17.7. The Morgan fingerprint density at radius 3 is 2.62 bits per heavy atom. The highest BCUT2D eigenvalue weighted by Crippen LogP contribution is 2.27. The van der Waals surface area contributed by atoms with Gasteiger partial charge in [-0.15, -0.1) is 0 Å². The minimum absolute atomic E-state index is 0.000189. The number of carbonyl (C=O) groups excluding carboxylic acids is 2. The van der Waals surface area contributed by atoms with Crippen molar-refractivity contribution in [2.24, 2.45) is 5.92 Å². The molecule has 0 aliphatic carbocycles. The fraction of sp³-hybridized carbons (Fsp3) is 0.389. The first-order valence-electron chi connectivity index (χ1n) is 8.99. The first-order chi connectivity index (χ1) is 13.7. The molecule has 2 amide bonds. The van der Waals surface area contributed by atoms with E-state index in [2.05, 4.69) is 16.0 Å². The zero-order chi connectivity index (χ0) is 21.2. The highest BCUT2D eigenvalue weighted by molar-refractivity contribution is 7.89. The number of aromatic nitrogens is 1. The summed E-state index contributed by atoms with van der Waals surface area (Å²) in [6.07, 6.45) is 1.01. The van der Waals surface area contributed by atoms with Gasteiger partial charge in [0.1, 0.15) is 10.6 Å². The Morgan fingerprint density at radius 2 is 1.97 bits per heavy atom. The number of hydrogen-bond acceptors (Lipinski definition) is 6. The van der Waals surface area contributed by atoms with Crippen LogP contribution >= 0.6 is 11.6 Å². The third kappa shape index (κ3) is 4.44. The average molecular weight is 441 g/mol. The second-order valence-electron chi connectivity index (χ2n) is 6.78. The van der Waals surface area contributed by atoms with E-state index in [1.807, 2.05) is 0 Å². The highest BCUT2D eigenvalue weighted by Gasteiger charge is 2.36. The fourth-order valence-corrected chi connectivity index (χ4v) is 5.32.